The van der Waals surface area contributed by atoms with Crippen LogP contribution in [0, 0.1) is 0 Å². The summed E-state index contributed by atoms with van der Waals surface area (Å²) in [5.41, 5.74) is 6.37. The minimum atomic E-state index is -0.439. The monoisotopic (exact) mass is 412 g/mol. The first-order valence-electron chi connectivity index (χ1n) is 10.7. The van der Waals surface area contributed by atoms with Gasteiger partial charge in [-0.25, -0.2) is 0 Å². The summed E-state index contributed by atoms with van der Waals surface area (Å²) in [6.45, 7) is 4.76. The maximum Gasteiger partial charge on any atom is 0.276 e. The first kappa shape index (κ1) is 23.3. The molecule has 0 fully saturated rings. The average Bonchev–Trinajstić information content (AvgIpc) is 2.79. The molecule has 0 aromatic heterocycles. The van der Waals surface area contributed by atoms with Crippen molar-refractivity contribution >= 4 is 11.8 Å². The standard InChI is InChI=1S/C24H32N2O4/c1-3-5-6-7-8-17-29-21-15-11-20(12-16-21)24(28)26-25-23(27)18-30-22-13-9-19(4-2)10-14-22/h9-16H,3-8,17-18H2,1-2H3,(H,25,27)(H,26,28). The van der Waals surface area contributed by atoms with Crippen molar-refractivity contribution < 1.29 is 19.1 Å². The van der Waals surface area contributed by atoms with Crippen LogP contribution in [0.4, 0.5) is 0 Å². The predicted molar refractivity (Wildman–Crippen MR) is 118 cm³/mol. The molecule has 0 radical (unpaired) electrons. The molecule has 0 heterocycles. The maximum absolute atomic E-state index is 12.2. The molecule has 162 valence electrons. The molecule has 0 aliphatic rings. The Hall–Kier alpha value is -3.02. The minimum absolute atomic E-state index is 0.184. The summed E-state index contributed by atoms with van der Waals surface area (Å²) >= 11 is 0. The molecule has 6 nitrogen and oxygen atoms in total. The van der Waals surface area contributed by atoms with Crippen LogP contribution in [0.1, 0.15) is 61.9 Å². The molecule has 2 amide bonds. The fourth-order valence-electron chi connectivity index (χ4n) is 2.80. The van der Waals surface area contributed by atoms with E-state index in [2.05, 4.69) is 24.7 Å². The third-order valence-electron chi connectivity index (χ3n) is 4.65. The summed E-state index contributed by atoms with van der Waals surface area (Å²) in [6, 6.07) is 14.4. The van der Waals surface area contributed by atoms with Gasteiger partial charge in [0, 0.05) is 5.56 Å². The lowest BCUT2D eigenvalue weighted by molar-refractivity contribution is -0.123. The second-order valence-corrected chi connectivity index (χ2v) is 7.08. The summed E-state index contributed by atoms with van der Waals surface area (Å²) in [5.74, 6) is 0.496. The van der Waals surface area contributed by atoms with Crippen LogP contribution < -0.4 is 20.3 Å². The van der Waals surface area contributed by atoms with Crippen LogP contribution in [0.5, 0.6) is 11.5 Å². The number of nitrogens with one attached hydrogen (secondary N) is 2. The molecule has 30 heavy (non-hydrogen) atoms. The molecule has 0 aliphatic carbocycles. The molecular weight excluding hydrogens is 380 g/mol. The van der Waals surface area contributed by atoms with Gasteiger partial charge in [-0.1, -0.05) is 51.7 Å². The molecule has 2 aromatic rings. The van der Waals surface area contributed by atoms with E-state index in [1.54, 1.807) is 24.3 Å². The number of aryl methyl sites for hydroxylation is 1. The molecule has 6 heteroatoms. The van der Waals surface area contributed by atoms with Gasteiger partial charge in [0.1, 0.15) is 11.5 Å². The summed E-state index contributed by atoms with van der Waals surface area (Å²) < 4.78 is 11.1. The van der Waals surface area contributed by atoms with Gasteiger partial charge in [-0.2, -0.15) is 0 Å². The Bertz CT molecular complexity index is 773. The van der Waals surface area contributed by atoms with Crippen molar-refractivity contribution in [2.75, 3.05) is 13.2 Å². The molecule has 0 bridgehead atoms. The van der Waals surface area contributed by atoms with Gasteiger partial charge < -0.3 is 9.47 Å². The van der Waals surface area contributed by atoms with Crippen molar-refractivity contribution in [1.29, 1.82) is 0 Å². The van der Waals surface area contributed by atoms with Gasteiger partial charge in [0.05, 0.1) is 6.61 Å². The molecule has 0 aliphatic heterocycles. The predicted octanol–water partition coefficient (Wildman–Crippen LogP) is 4.44. The summed E-state index contributed by atoms with van der Waals surface area (Å²) in [4.78, 5) is 24.0. The summed E-state index contributed by atoms with van der Waals surface area (Å²) in [5, 5.41) is 0. The lowest BCUT2D eigenvalue weighted by Gasteiger charge is -2.10. The van der Waals surface area contributed by atoms with Gasteiger partial charge in [-0.15, -0.1) is 0 Å². The second kappa shape index (κ2) is 13.2. The van der Waals surface area contributed by atoms with Gasteiger partial charge in [-0.05, 0) is 54.8 Å². The van der Waals surface area contributed by atoms with Crippen LogP contribution in [-0.4, -0.2) is 25.0 Å². The molecular formula is C24H32N2O4. The van der Waals surface area contributed by atoms with E-state index in [9.17, 15) is 9.59 Å². The number of benzene rings is 2. The number of unbranched alkanes of at least 4 members (excludes halogenated alkanes) is 4. The molecule has 0 unspecified atom stereocenters. The van der Waals surface area contributed by atoms with Crippen LogP contribution >= 0.6 is 0 Å². The van der Waals surface area contributed by atoms with Crippen molar-refractivity contribution in [2.24, 2.45) is 0 Å². The largest absolute Gasteiger partial charge is 0.494 e. The molecule has 2 aromatic carbocycles. The lowest BCUT2D eigenvalue weighted by Crippen LogP contribution is -2.43. The average molecular weight is 413 g/mol. The normalized spacial score (nSPS) is 10.3. The zero-order chi connectivity index (χ0) is 21.6. The van der Waals surface area contributed by atoms with E-state index in [0.29, 0.717) is 17.9 Å². The molecule has 0 saturated carbocycles. The van der Waals surface area contributed by atoms with E-state index in [1.807, 2.05) is 24.3 Å². The molecule has 0 saturated heterocycles. The molecule has 0 spiro atoms. The van der Waals surface area contributed by atoms with E-state index < -0.39 is 11.8 Å². The zero-order valence-corrected chi connectivity index (χ0v) is 17.9. The van der Waals surface area contributed by atoms with Crippen molar-refractivity contribution in [3.8, 4) is 11.5 Å². The Morgan fingerprint density at radius 2 is 1.40 bits per heavy atom. The Labute approximate surface area is 178 Å². The number of carbonyl (C=O) groups is 2. The first-order chi connectivity index (χ1) is 14.6. The zero-order valence-electron chi connectivity index (χ0n) is 17.9. The van der Waals surface area contributed by atoms with Crippen LogP contribution in [0.15, 0.2) is 48.5 Å². The van der Waals surface area contributed by atoms with E-state index >= 15 is 0 Å². The Balaban J connectivity index is 1.66. The van der Waals surface area contributed by atoms with E-state index in [-0.39, 0.29) is 6.61 Å². The van der Waals surface area contributed by atoms with Gasteiger partial charge in [-0.3, -0.25) is 20.4 Å². The van der Waals surface area contributed by atoms with Crippen molar-refractivity contribution in [3.05, 3.63) is 59.7 Å². The highest BCUT2D eigenvalue weighted by Crippen LogP contribution is 2.14. The van der Waals surface area contributed by atoms with Gasteiger partial charge in [0.2, 0.25) is 0 Å². The number of rotatable bonds is 12. The molecule has 0 atom stereocenters. The summed E-state index contributed by atoms with van der Waals surface area (Å²) in [7, 11) is 0. The Morgan fingerprint density at radius 3 is 2.07 bits per heavy atom. The van der Waals surface area contributed by atoms with E-state index in [1.165, 1.54) is 31.2 Å². The van der Waals surface area contributed by atoms with Crippen LogP contribution in [0.2, 0.25) is 0 Å². The van der Waals surface area contributed by atoms with Crippen LogP contribution in [-0.2, 0) is 11.2 Å². The lowest BCUT2D eigenvalue weighted by atomic mass is 10.2. The highest BCUT2D eigenvalue weighted by atomic mass is 16.5. The molecule has 2 N–H and O–H groups in total. The fraction of sp³-hybridized carbons (Fsp3) is 0.417. The van der Waals surface area contributed by atoms with Crippen molar-refractivity contribution in [3.63, 3.8) is 0 Å². The topological polar surface area (TPSA) is 76.7 Å². The van der Waals surface area contributed by atoms with Crippen molar-refractivity contribution in [2.45, 2.75) is 52.4 Å². The van der Waals surface area contributed by atoms with Gasteiger partial charge in [0.15, 0.2) is 6.61 Å². The quantitative estimate of drug-likeness (QED) is 0.399. The number of hydrogen-bond donors (Lipinski definition) is 2. The SMILES string of the molecule is CCCCCCCOc1ccc(C(=O)NNC(=O)COc2ccc(CC)cc2)cc1. The molecule has 2 rings (SSSR count). The van der Waals surface area contributed by atoms with Gasteiger partial charge >= 0.3 is 0 Å². The third-order valence-corrected chi connectivity index (χ3v) is 4.65. The number of ether oxygens (including phenoxy) is 2. The Kier molecular flexibility index (Phi) is 10.3. The maximum atomic E-state index is 12.2. The number of carbonyl (C=O) groups excluding carboxylic acids is 2. The highest BCUT2D eigenvalue weighted by molar-refractivity contribution is 5.95. The summed E-state index contributed by atoms with van der Waals surface area (Å²) in [6.07, 6.45) is 6.86. The van der Waals surface area contributed by atoms with Crippen molar-refractivity contribution in [1.82, 2.24) is 10.9 Å². The Morgan fingerprint density at radius 1 is 0.767 bits per heavy atom. The third kappa shape index (κ3) is 8.55. The number of amides is 2. The van der Waals surface area contributed by atoms with Crippen LogP contribution in [0.25, 0.3) is 0 Å². The first-order valence-corrected chi connectivity index (χ1v) is 10.7. The fourth-order valence-corrected chi connectivity index (χ4v) is 2.80. The van der Waals surface area contributed by atoms with Crippen LogP contribution in [0.3, 0.4) is 0 Å². The second-order valence-electron chi connectivity index (χ2n) is 7.08. The number of hydrogen-bond acceptors (Lipinski definition) is 4. The number of hydrazine groups is 1. The van der Waals surface area contributed by atoms with Gasteiger partial charge in [0.25, 0.3) is 11.8 Å². The van der Waals surface area contributed by atoms with E-state index in [0.717, 1.165) is 18.6 Å². The van der Waals surface area contributed by atoms with E-state index in [4.69, 9.17) is 9.47 Å². The minimum Gasteiger partial charge on any atom is -0.494 e. The smallest absolute Gasteiger partial charge is 0.276 e. The highest BCUT2D eigenvalue weighted by Gasteiger charge is 2.08.